The van der Waals surface area contributed by atoms with Gasteiger partial charge in [-0.3, -0.25) is 4.99 Å². The van der Waals surface area contributed by atoms with Crippen molar-refractivity contribution in [2.75, 3.05) is 7.05 Å². The van der Waals surface area contributed by atoms with Crippen molar-refractivity contribution in [1.29, 1.82) is 0 Å². The highest BCUT2D eigenvalue weighted by atomic mass is 16.7. The van der Waals surface area contributed by atoms with Gasteiger partial charge in [-0.05, 0) is 23.3 Å². The Morgan fingerprint density at radius 3 is 2.25 bits per heavy atom. The molecule has 0 radical (unpaired) electrons. The number of carbonyl (C=O) groups is 1. The van der Waals surface area contributed by atoms with Crippen LogP contribution < -0.4 is 11.2 Å². The maximum Gasteiger partial charge on any atom is 0.362 e. The Morgan fingerprint density at radius 2 is 1.65 bits per heavy atom. The van der Waals surface area contributed by atoms with Crippen molar-refractivity contribution >= 4 is 11.9 Å². The van der Waals surface area contributed by atoms with Crippen LogP contribution in [0.4, 0.5) is 0 Å². The number of rotatable bonds is 2. The van der Waals surface area contributed by atoms with Gasteiger partial charge < -0.3 is 10.6 Å². The van der Waals surface area contributed by atoms with Crippen molar-refractivity contribution in [3.05, 3.63) is 60.2 Å². The average Bonchev–Trinajstić information content (AvgIpc) is 2.53. The number of guanidine groups is 1. The van der Waals surface area contributed by atoms with Gasteiger partial charge in [0, 0.05) is 7.05 Å². The van der Waals surface area contributed by atoms with E-state index in [0.29, 0.717) is 5.56 Å². The molecule has 20 heavy (non-hydrogen) atoms. The summed E-state index contributed by atoms with van der Waals surface area (Å²) in [6, 6.07) is 17.0. The van der Waals surface area contributed by atoms with Crippen LogP contribution in [0.15, 0.2) is 59.6 Å². The third-order valence-corrected chi connectivity index (χ3v) is 2.72. The zero-order valence-electron chi connectivity index (χ0n) is 11.0. The lowest BCUT2D eigenvalue weighted by molar-refractivity contribution is 0.0384. The molecule has 0 saturated carbocycles. The largest absolute Gasteiger partial charge is 0.368 e. The second-order valence-corrected chi connectivity index (χ2v) is 4.04. The molecule has 0 aliphatic carbocycles. The number of hydrogen-bond acceptors (Lipinski definition) is 3. The van der Waals surface area contributed by atoms with E-state index in [1.165, 1.54) is 7.05 Å². The van der Waals surface area contributed by atoms with Gasteiger partial charge in [-0.25, -0.2) is 4.79 Å². The Labute approximate surface area is 117 Å². The molecule has 0 unspecified atom stereocenters. The van der Waals surface area contributed by atoms with Crippen LogP contribution in [-0.2, 0) is 4.84 Å². The van der Waals surface area contributed by atoms with Crippen molar-refractivity contribution < 1.29 is 9.63 Å². The lowest BCUT2D eigenvalue weighted by atomic mass is 10.0. The minimum atomic E-state index is -0.517. The Balaban J connectivity index is 2.07. The van der Waals surface area contributed by atoms with E-state index >= 15 is 0 Å². The number of benzene rings is 2. The van der Waals surface area contributed by atoms with E-state index in [1.54, 1.807) is 12.1 Å². The Bertz CT molecular complexity index is 607. The second-order valence-electron chi connectivity index (χ2n) is 4.04. The maximum atomic E-state index is 11.7. The molecule has 0 bridgehead atoms. The third kappa shape index (κ3) is 3.35. The number of hydroxylamine groups is 1. The van der Waals surface area contributed by atoms with Gasteiger partial charge in [0.1, 0.15) is 0 Å². The summed E-state index contributed by atoms with van der Waals surface area (Å²) in [4.78, 5) is 20.1. The first kappa shape index (κ1) is 13.6. The Morgan fingerprint density at radius 1 is 1.05 bits per heavy atom. The fourth-order valence-corrected chi connectivity index (χ4v) is 1.63. The van der Waals surface area contributed by atoms with Gasteiger partial charge in [0.05, 0.1) is 5.56 Å². The van der Waals surface area contributed by atoms with Gasteiger partial charge in [0.25, 0.3) is 0 Å². The molecule has 5 heteroatoms. The van der Waals surface area contributed by atoms with Crippen molar-refractivity contribution in [2.24, 2.45) is 10.7 Å². The first-order valence-corrected chi connectivity index (χ1v) is 6.05. The molecule has 0 spiro atoms. The standard InChI is InChI=1S/C15H15N3O2/c1-17-15(16)18-20-14(19)13-9-7-12(8-10-13)11-5-3-2-4-6-11/h2-10H,1H3,(H3,16,17,18). The molecule has 2 rings (SSSR count). The van der Waals surface area contributed by atoms with E-state index < -0.39 is 5.97 Å². The van der Waals surface area contributed by atoms with Crippen molar-refractivity contribution in [3.63, 3.8) is 0 Å². The smallest absolute Gasteiger partial charge is 0.362 e. The third-order valence-electron chi connectivity index (χ3n) is 2.72. The summed E-state index contributed by atoms with van der Waals surface area (Å²) in [6.45, 7) is 0. The summed E-state index contributed by atoms with van der Waals surface area (Å²) in [5.41, 5.74) is 10.2. The van der Waals surface area contributed by atoms with E-state index in [2.05, 4.69) is 10.5 Å². The van der Waals surface area contributed by atoms with Crippen LogP contribution in [-0.4, -0.2) is 19.0 Å². The SMILES string of the molecule is CN=C(N)NOC(=O)c1ccc(-c2ccccc2)cc1. The summed E-state index contributed by atoms with van der Waals surface area (Å²) in [7, 11) is 1.49. The van der Waals surface area contributed by atoms with Crippen LogP contribution in [0, 0.1) is 0 Å². The Hall–Kier alpha value is -2.82. The van der Waals surface area contributed by atoms with E-state index in [9.17, 15) is 4.79 Å². The zero-order valence-corrected chi connectivity index (χ0v) is 11.0. The number of carbonyl (C=O) groups excluding carboxylic acids is 1. The number of nitrogens with two attached hydrogens (primary N) is 1. The van der Waals surface area contributed by atoms with Gasteiger partial charge in [0.15, 0.2) is 0 Å². The normalized spacial score (nSPS) is 10.9. The fourth-order valence-electron chi connectivity index (χ4n) is 1.63. The number of nitrogens with zero attached hydrogens (tertiary/aromatic N) is 1. The molecule has 0 heterocycles. The number of hydrogen-bond donors (Lipinski definition) is 2. The molecule has 0 atom stereocenters. The van der Waals surface area contributed by atoms with E-state index in [0.717, 1.165) is 11.1 Å². The highest BCUT2D eigenvalue weighted by Gasteiger charge is 2.08. The number of nitrogens with one attached hydrogen (secondary N) is 1. The predicted molar refractivity (Wildman–Crippen MR) is 78.0 cm³/mol. The van der Waals surface area contributed by atoms with Crippen molar-refractivity contribution in [1.82, 2.24) is 5.48 Å². The summed E-state index contributed by atoms with van der Waals surface area (Å²) >= 11 is 0. The first-order chi connectivity index (χ1) is 9.70. The van der Waals surface area contributed by atoms with Crippen LogP contribution in [0.1, 0.15) is 10.4 Å². The molecule has 2 aromatic rings. The monoisotopic (exact) mass is 269 g/mol. The summed E-state index contributed by atoms with van der Waals surface area (Å²) in [5.74, 6) is -0.476. The molecule has 0 aliphatic heterocycles. The highest BCUT2D eigenvalue weighted by Crippen LogP contribution is 2.19. The topological polar surface area (TPSA) is 76.7 Å². The van der Waals surface area contributed by atoms with Gasteiger partial charge in [-0.15, -0.1) is 0 Å². The molecule has 2 aromatic carbocycles. The second kappa shape index (κ2) is 6.38. The van der Waals surface area contributed by atoms with Crippen LogP contribution >= 0.6 is 0 Å². The van der Waals surface area contributed by atoms with Crippen molar-refractivity contribution in [2.45, 2.75) is 0 Å². The number of aliphatic imine (C=N–C) groups is 1. The minimum absolute atomic E-state index is 0.0410. The first-order valence-electron chi connectivity index (χ1n) is 6.05. The summed E-state index contributed by atoms with van der Waals surface area (Å²) in [5, 5.41) is 0. The van der Waals surface area contributed by atoms with Crippen LogP contribution in [0.2, 0.25) is 0 Å². The lowest BCUT2D eigenvalue weighted by Gasteiger charge is -2.06. The molecule has 3 N–H and O–H groups in total. The summed E-state index contributed by atoms with van der Waals surface area (Å²) in [6.07, 6.45) is 0. The van der Waals surface area contributed by atoms with E-state index in [4.69, 9.17) is 10.6 Å². The molecule has 5 nitrogen and oxygen atoms in total. The fraction of sp³-hybridized carbons (Fsp3) is 0.0667. The van der Waals surface area contributed by atoms with Gasteiger partial charge in [-0.1, -0.05) is 42.5 Å². The molecule has 0 amide bonds. The van der Waals surface area contributed by atoms with Gasteiger partial charge >= 0.3 is 5.97 Å². The zero-order chi connectivity index (χ0) is 14.4. The highest BCUT2D eigenvalue weighted by molar-refractivity contribution is 5.91. The van der Waals surface area contributed by atoms with Crippen LogP contribution in [0.25, 0.3) is 11.1 Å². The average molecular weight is 269 g/mol. The molecule has 102 valence electrons. The van der Waals surface area contributed by atoms with Gasteiger partial charge in [0.2, 0.25) is 5.96 Å². The molecular formula is C15H15N3O2. The minimum Gasteiger partial charge on any atom is -0.368 e. The summed E-state index contributed by atoms with van der Waals surface area (Å²) < 4.78 is 0. The molecular weight excluding hydrogens is 254 g/mol. The van der Waals surface area contributed by atoms with Gasteiger partial charge in [-0.2, -0.15) is 5.48 Å². The molecule has 0 saturated heterocycles. The van der Waals surface area contributed by atoms with E-state index in [-0.39, 0.29) is 5.96 Å². The van der Waals surface area contributed by atoms with Crippen LogP contribution in [0.3, 0.4) is 0 Å². The van der Waals surface area contributed by atoms with Crippen molar-refractivity contribution in [3.8, 4) is 11.1 Å². The quantitative estimate of drug-likeness (QED) is 0.496. The van der Waals surface area contributed by atoms with Crippen LogP contribution in [0.5, 0.6) is 0 Å². The molecule has 0 aliphatic rings. The molecule has 0 fully saturated rings. The maximum absolute atomic E-state index is 11.7. The predicted octanol–water partition coefficient (Wildman–Crippen LogP) is 1.96. The Kier molecular flexibility index (Phi) is 4.34. The molecule has 0 aromatic heterocycles. The lowest BCUT2D eigenvalue weighted by Crippen LogP contribution is -2.33. The van der Waals surface area contributed by atoms with E-state index in [1.807, 2.05) is 42.5 Å².